The smallest absolute Gasteiger partial charge is 0.278 e. The second-order valence-corrected chi connectivity index (χ2v) is 6.91. The summed E-state index contributed by atoms with van der Waals surface area (Å²) < 4.78 is 1.20. The van der Waals surface area contributed by atoms with Crippen LogP contribution < -0.4 is 5.56 Å². The van der Waals surface area contributed by atoms with Crippen molar-refractivity contribution in [1.82, 2.24) is 19.9 Å². The van der Waals surface area contributed by atoms with Crippen molar-refractivity contribution >= 4 is 16.8 Å². The quantitative estimate of drug-likeness (QED) is 0.865. The van der Waals surface area contributed by atoms with E-state index in [0.29, 0.717) is 22.9 Å². The Labute approximate surface area is 140 Å². The Morgan fingerprint density at radius 1 is 1.12 bits per heavy atom. The van der Waals surface area contributed by atoms with Gasteiger partial charge in [0.15, 0.2) is 0 Å². The van der Waals surface area contributed by atoms with Crippen molar-refractivity contribution in [3.63, 3.8) is 0 Å². The number of fused-ring (bicyclic) bond motifs is 1. The molecule has 1 aromatic carbocycles. The number of nitrogens with zero attached hydrogens (tertiary/aromatic N) is 4. The average Bonchev–Trinajstić information content (AvgIpc) is 3.28. The Balaban J connectivity index is 1.55. The Morgan fingerprint density at radius 3 is 2.75 bits per heavy atom. The van der Waals surface area contributed by atoms with E-state index < -0.39 is 0 Å². The Kier molecular flexibility index (Phi) is 4.04. The van der Waals surface area contributed by atoms with Gasteiger partial charge in [0.2, 0.25) is 5.91 Å². The van der Waals surface area contributed by atoms with E-state index in [-0.39, 0.29) is 18.0 Å². The molecule has 0 N–H and O–H groups in total. The van der Waals surface area contributed by atoms with Crippen LogP contribution >= 0.6 is 0 Å². The van der Waals surface area contributed by atoms with Gasteiger partial charge in [0, 0.05) is 12.6 Å². The number of rotatable bonds is 3. The summed E-state index contributed by atoms with van der Waals surface area (Å²) in [6.45, 7) is 0.787. The summed E-state index contributed by atoms with van der Waals surface area (Å²) in [5, 5.41) is 8.52. The highest BCUT2D eigenvalue weighted by Crippen LogP contribution is 2.35. The van der Waals surface area contributed by atoms with Crippen molar-refractivity contribution in [3.05, 3.63) is 34.6 Å². The van der Waals surface area contributed by atoms with E-state index in [4.69, 9.17) is 0 Å². The molecule has 1 aromatic heterocycles. The molecule has 1 aliphatic carbocycles. The molecule has 2 aromatic rings. The first kappa shape index (κ1) is 15.3. The van der Waals surface area contributed by atoms with Crippen LogP contribution in [0.25, 0.3) is 10.9 Å². The number of hydrogen-bond acceptors (Lipinski definition) is 4. The third kappa shape index (κ3) is 2.70. The number of carbonyl (C=O) groups is 1. The predicted octanol–water partition coefficient (Wildman–Crippen LogP) is 1.97. The standard InChI is InChI=1S/C18H22N4O2/c23-17(21-11-5-10-16(21)13-6-1-2-7-13)12-22-18(24)14-8-3-4-9-15(14)19-20-22/h3-4,8-9,13,16H,1-2,5-7,10-12H2/t16-/m0/s1. The van der Waals surface area contributed by atoms with Crippen LogP contribution in [0.4, 0.5) is 0 Å². The molecule has 126 valence electrons. The third-order valence-corrected chi connectivity index (χ3v) is 5.48. The van der Waals surface area contributed by atoms with Crippen molar-refractivity contribution in [2.24, 2.45) is 5.92 Å². The molecule has 6 nitrogen and oxygen atoms in total. The van der Waals surface area contributed by atoms with Crippen LogP contribution in [0.2, 0.25) is 0 Å². The zero-order valence-corrected chi connectivity index (χ0v) is 13.7. The van der Waals surface area contributed by atoms with Crippen LogP contribution in [0.3, 0.4) is 0 Å². The van der Waals surface area contributed by atoms with Gasteiger partial charge in [-0.15, -0.1) is 5.10 Å². The third-order valence-electron chi connectivity index (χ3n) is 5.48. The minimum Gasteiger partial charge on any atom is -0.338 e. The van der Waals surface area contributed by atoms with Crippen LogP contribution in [0.1, 0.15) is 38.5 Å². The lowest BCUT2D eigenvalue weighted by Crippen LogP contribution is -2.43. The molecule has 1 aliphatic heterocycles. The van der Waals surface area contributed by atoms with Crippen molar-refractivity contribution in [1.29, 1.82) is 0 Å². The lowest BCUT2D eigenvalue weighted by molar-refractivity contribution is -0.133. The fourth-order valence-corrected chi connectivity index (χ4v) is 4.28. The summed E-state index contributed by atoms with van der Waals surface area (Å²) in [5.41, 5.74) is 0.321. The van der Waals surface area contributed by atoms with Gasteiger partial charge in [-0.25, -0.2) is 4.68 Å². The lowest BCUT2D eigenvalue weighted by atomic mass is 9.96. The van der Waals surface area contributed by atoms with Crippen LogP contribution in [0.15, 0.2) is 29.1 Å². The molecule has 2 aliphatic rings. The van der Waals surface area contributed by atoms with Crippen molar-refractivity contribution in [3.8, 4) is 0 Å². The van der Waals surface area contributed by atoms with Gasteiger partial charge in [0.1, 0.15) is 12.1 Å². The van der Waals surface area contributed by atoms with E-state index in [1.165, 1.54) is 30.4 Å². The highest BCUT2D eigenvalue weighted by atomic mass is 16.2. The van der Waals surface area contributed by atoms with E-state index in [2.05, 4.69) is 10.3 Å². The maximum absolute atomic E-state index is 12.8. The van der Waals surface area contributed by atoms with Crippen molar-refractivity contribution in [2.45, 2.75) is 51.1 Å². The maximum Gasteiger partial charge on any atom is 0.278 e. The molecular formula is C18H22N4O2. The van der Waals surface area contributed by atoms with Crippen LogP contribution in [-0.2, 0) is 11.3 Å². The summed E-state index contributed by atoms with van der Waals surface area (Å²) in [4.78, 5) is 27.3. The fourth-order valence-electron chi connectivity index (χ4n) is 4.28. The van der Waals surface area contributed by atoms with Crippen molar-refractivity contribution < 1.29 is 4.79 Å². The van der Waals surface area contributed by atoms with Gasteiger partial charge in [-0.3, -0.25) is 9.59 Å². The topological polar surface area (TPSA) is 68.1 Å². The highest BCUT2D eigenvalue weighted by molar-refractivity contribution is 5.78. The molecule has 24 heavy (non-hydrogen) atoms. The Morgan fingerprint density at radius 2 is 1.92 bits per heavy atom. The summed E-state index contributed by atoms with van der Waals surface area (Å²) in [5.74, 6) is 0.631. The van der Waals surface area contributed by atoms with E-state index in [9.17, 15) is 9.59 Å². The number of aromatic nitrogens is 3. The fraction of sp³-hybridized carbons (Fsp3) is 0.556. The zero-order valence-electron chi connectivity index (χ0n) is 13.7. The molecule has 1 amide bonds. The molecule has 0 spiro atoms. The Hall–Kier alpha value is -2.24. The highest BCUT2D eigenvalue weighted by Gasteiger charge is 2.35. The Bertz CT molecular complexity index is 810. The predicted molar refractivity (Wildman–Crippen MR) is 90.5 cm³/mol. The van der Waals surface area contributed by atoms with Gasteiger partial charge in [0.25, 0.3) is 5.56 Å². The minimum atomic E-state index is -0.245. The second kappa shape index (κ2) is 6.34. The van der Waals surface area contributed by atoms with E-state index in [0.717, 1.165) is 19.4 Å². The van der Waals surface area contributed by atoms with Gasteiger partial charge in [-0.05, 0) is 43.7 Å². The number of amides is 1. The lowest BCUT2D eigenvalue weighted by Gasteiger charge is -2.29. The number of benzene rings is 1. The molecule has 0 unspecified atom stereocenters. The number of hydrogen-bond donors (Lipinski definition) is 0. The van der Waals surface area contributed by atoms with Gasteiger partial charge in [-0.1, -0.05) is 30.2 Å². The number of likely N-dealkylation sites (tertiary alicyclic amines) is 1. The normalized spacial score (nSPS) is 21.7. The summed E-state index contributed by atoms with van der Waals surface area (Å²) in [7, 11) is 0. The molecular weight excluding hydrogens is 304 g/mol. The van der Waals surface area contributed by atoms with Gasteiger partial charge >= 0.3 is 0 Å². The van der Waals surface area contributed by atoms with Gasteiger partial charge in [-0.2, -0.15) is 0 Å². The second-order valence-electron chi connectivity index (χ2n) is 6.91. The van der Waals surface area contributed by atoms with Crippen LogP contribution in [0.5, 0.6) is 0 Å². The van der Waals surface area contributed by atoms with E-state index in [1.807, 2.05) is 11.0 Å². The molecule has 1 atom stereocenters. The molecule has 1 saturated heterocycles. The maximum atomic E-state index is 12.8. The van der Waals surface area contributed by atoms with Crippen LogP contribution in [0, 0.1) is 5.92 Å². The summed E-state index contributed by atoms with van der Waals surface area (Å²) in [6.07, 6.45) is 7.16. The van der Waals surface area contributed by atoms with Gasteiger partial charge in [0.05, 0.1) is 5.39 Å². The summed E-state index contributed by atoms with van der Waals surface area (Å²) >= 11 is 0. The first-order valence-corrected chi connectivity index (χ1v) is 8.86. The molecule has 2 fully saturated rings. The molecule has 2 heterocycles. The van der Waals surface area contributed by atoms with E-state index >= 15 is 0 Å². The minimum absolute atomic E-state index is 0.00363. The first-order chi connectivity index (χ1) is 11.7. The summed E-state index contributed by atoms with van der Waals surface area (Å²) in [6, 6.07) is 7.46. The van der Waals surface area contributed by atoms with Crippen molar-refractivity contribution in [2.75, 3.05) is 6.54 Å². The van der Waals surface area contributed by atoms with E-state index in [1.54, 1.807) is 18.2 Å². The average molecular weight is 326 g/mol. The van der Waals surface area contributed by atoms with Crippen LogP contribution in [-0.4, -0.2) is 38.4 Å². The monoisotopic (exact) mass is 326 g/mol. The zero-order chi connectivity index (χ0) is 16.5. The molecule has 0 radical (unpaired) electrons. The van der Waals surface area contributed by atoms with Gasteiger partial charge < -0.3 is 4.90 Å². The molecule has 4 rings (SSSR count). The first-order valence-electron chi connectivity index (χ1n) is 8.86. The molecule has 0 bridgehead atoms. The largest absolute Gasteiger partial charge is 0.338 e. The molecule has 1 saturated carbocycles. The molecule has 6 heteroatoms. The SMILES string of the molecule is O=C(Cn1nnc2ccccc2c1=O)N1CCC[C@H]1C1CCCC1. The number of carbonyl (C=O) groups excluding carboxylic acids is 1.